The van der Waals surface area contributed by atoms with Crippen LogP contribution in [0.4, 0.5) is 5.82 Å². The van der Waals surface area contributed by atoms with Gasteiger partial charge in [0.2, 0.25) is 17.7 Å². The molecule has 0 atom stereocenters. The molecule has 0 bridgehead atoms. The lowest BCUT2D eigenvalue weighted by molar-refractivity contribution is -0.117. The molecule has 1 N–H and O–H groups in total. The zero-order valence-corrected chi connectivity index (χ0v) is 11.8. The first kappa shape index (κ1) is 14.2. The van der Waals surface area contributed by atoms with Crippen LogP contribution in [0.5, 0.6) is 0 Å². The molecule has 0 fully saturated rings. The van der Waals surface area contributed by atoms with E-state index < -0.39 is 0 Å². The summed E-state index contributed by atoms with van der Waals surface area (Å²) in [5, 5.41) is 14.6. The first-order valence-electron chi connectivity index (χ1n) is 6.36. The van der Waals surface area contributed by atoms with Crippen LogP contribution < -0.4 is 5.32 Å². The van der Waals surface area contributed by atoms with Gasteiger partial charge in [0.05, 0.1) is 13.1 Å². The Labute approximate surface area is 116 Å². The smallest absolute Gasteiger partial charge is 0.239 e. The molecule has 0 aliphatic rings. The Hall–Kier alpha value is -2.22. The molecule has 0 aliphatic heterocycles. The quantitative estimate of drug-likeness (QED) is 0.824. The number of rotatable bonds is 6. The van der Waals surface area contributed by atoms with E-state index in [1.165, 1.54) is 0 Å². The number of nitrogens with zero attached hydrogens (tertiary/aromatic N) is 5. The second-order valence-corrected chi connectivity index (χ2v) is 4.54. The minimum absolute atomic E-state index is 0.138. The van der Waals surface area contributed by atoms with Crippen LogP contribution in [0.25, 0.3) is 0 Å². The minimum atomic E-state index is -0.138. The van der Waals surface area contributed by atoms with Crippen LogP contribution >= 0.6 is 0 Å². The second-order valence-electron chi connectivity index (χ2n) is 4.54. The molecule has 2 aromatic heterocycles. The highest BCUT2D eigenvalue weighted by Gasteiger charge is 2.12. The SMILES string of the molecule is CCc1nnc(CN(C)CC(=O)Nc2ccn(C)n2)o1. The first-order valence-corrected chi connectivity index (χ1v) is 6.36. The van der Waals surface area contributed by atoms with Crippen molar-refractivity contribution in [3.8, 4) is 0 Å². The van der Waals surface area contributed by atoms with Gasteiger partial charge in [-0.2, -0.15) is 5.10 Å². The third-order valence-corrected chi connectivity index (χ3v) is 2.61. The van der Waals surface area contributed by atoms with Crippen LogP contribution in [0.3, 0.4) is 0 Å². The van der Waals surface area contributed by atoms with Crippen molar-refractivity contribution in [1.82, 2.24) is 24.9 Å². The number of aryl methyl sites for hydroxylation is 2. The number of nitrogens with one attached hydrogen (secondary N) is 1. The Morgan fingerprint density at radius 1 is 1.45 bits per heavy atom. The number of aromatic nitrogens is 4. The summed E-state index contributed by atoms with van der Waals surface area (Å²) in [6.45, 7) is 2.60. The van der Waals surface area contributed by atoms with E-state index in [9.17, 15) is 4.79 Å². The van der Waals surface area contributed by atoms with Crippen LogP contribution in [-0.2, 0) is 24.8 Å². The van der Waals surface area contributed by atoms with Gasteiger partial charge in [0.15, 0.2) is 5.82 Å². The zero-order valence-electron chi connectivity index (χ0n) is 11.8. The Balaban J connectivity index is 1.81. The Bertz CT molecular complexity index is 576. The summed E-state index contributed by atoms with van der Waals surface area (Å²) in [5.74, 6) is 1.51. The van der Waals surface area contributed by atoms with E-state index in [0.29, 0.717) is 30.6 Å². The molecule has 0 spiro atoms. The van der Waals surface area contributed by atoms with Gasteiger partial charge in [0.25, 0.3) is 0 Å². The molecule has 0 aliphatic carbocycles. The number of carbonyl (C=O) groups is 1. The Morgan fingerprint density at radius 3 is 2.80 bits per heavy atom. The van der Waals surface area contributed by atoms with Crippen molar-refractivity contribution in [3.63, 3.8) is 0 Å². The molecule has 108 valence electrons. The lowest BCUT2D eigenvalue weighted by atomic mass is 10.4. The molecule has 2 rings (SSSR count). The van der Waals surface area contributed by atoms with Crippen molar-refractivity contribution >= 4 is 11.7 Å². The van der Waals surface area contributed by atoms with Gasteiger partial charge in [0.1, 0.15) is 0 Å². The lowest BCUT2D eigenvalue weighted by Crippen LogP contribution is -2.30. The van der Waals surface area contributed by atoms with Gasteiger partial charge in [0, 0.05) is 25.7 Å². The van der Waals surface area contributed by atoms with Crippen LogP contribution in [-0.4, -0.2) is 44.4 Å². The number of hydrogen-bond acceptors (Lipinski definition) is 6. The Morgan fingerprint density at radius 2 is 2.20 bits per heavy atom. The van der Waals surface area contributed by atoms with E-state index in [1.54, 1.807) is 28.9 Å². The van der Waals surface area contributed by atoms with E-state index in [4.69, 9.17) is 4.42 Å². The molecular weight excluding hydrogens is 260 g/mol. The van der Waals surface area contributed by atoms with E-state index in [0.717, 1.165) is 0 Å². The molecule has 0 aromatic carbocycles. The van der Waals surface area contributed by atoms with E-state index in [1.807, 2.05) is 14.0 Å². The molecular formula is C12H18N6O2. The van der Waals surface area contributed by atoms with Gasteiger partial charge in [-0.25, -0.2) is 0 Å². The largest absolute Gasteiger partial charge is 0.424 e. The number of amides is 1. The second kappa shape index (κ2) is 6.29. The van der Waals surface area contributed by atoms with Crippen molar-refractivity contribution in [2.24, 2.45) is 7.05 Å². The summed E-state index contributed by atoms with van der Waals surface area (Å²) in [6.07, 6.45) is 2.47. The fourth-order valence-electron chi connectivity index (χ4n) is 1.69. The lowest BCUT2D eigenvalue weighted by Gasteiger charge is -2.13. The van der Waals surface area contributed by atoms with Crippen molar-refractivity contribution in [2.75, 3.05) is 18.9 Å². The van der Waals surface area contributed by atoms with Gasteiger partial charge in [-0.3, -0.25) is 14.4 Å². The average molecular weight is 278 g/mol. The standard InChI is InChI=1S/C12H18N6O2/c1-4-11-14-15-12(20-11)8-17(2)7-10(19)13-9-5-6-18(3)16-9/h5-6H,4,7-8H2,1-3H3,(H,13,16,19). The highest BCUT2D eigenvalue weighted by Crippen LogP contribution is 2.04. The summed E-state index contributed by atoms with van der Waals surface area (Å²) < 4.78 is 7.02. The van der Waals surface area contributed by atoms with E-state index in [2.05, 4.69) is 20.6 Å². The van der Waals surface area contributed by atoms with Crippen molar-refractivity contribution in [2.45, 2.75) is 19.9 Å². The molecule has 2 heterocycles. The third-order valence-electron chi connectivity index (χ3n) is 2.61. The topological polar surface area (TPSA) is 89.1 Å². The normalized spacial score (nSPS) is 11.0. The maximum atomic E-state index is 11.8. The van der Waals surface area contributed by atoms with E-state index >= 15 is 0 Å². The maximum Gasteiger partial charge on any atom is 0.239 e. The molecule has 8 nitrogen and oxygen atoms in total. The van der Waals surface area contributed by atoms with Crippen molar-refractivity contribution in [1.29, 1.82) is 0 Å². The molecule has 0 saturated carbocycles. The molecule has 20 heavy (non-hydrogen) atoms. The molecule has 1 amide bonds. The van der Waals surface area contributed by atoms with Crippen LogP contribution in [0, 0.1) is 0 Å². The molecule has 2 aromatic rings. The number of carbonyl (C=O) groups excluding carboxylic acids is 1. The van der Waals surface area contributed by atoms with Crippen LogP contribution in [0.2, 0.25) is 0 Å². The zero-order chi connectivity index (χ0) is 14.5. The van der Waals surface area contributed by atoms with Gasteiger partial charge in [-0.1, -0.05) is 6.92 Å². The average Bonchev–Trinajstić information content (AvgIpc) is 2.98. The number of likely N-dealkylation sites (N-methyl/N-ethyl adjacent to an activating group) is 1. The number of anilines is 1. The van der Waals surface area contributed by atoms with Gasteiger partial charge in [-0.05, 0) is 7.05 Å². The molecule has 0 saturated heterocycles. The predicted octanol–water partition coefficient (Wildman–Crippen LogP) is 0.436. The monoisotopic (exact) mass is 278 g/mol. The highest BCUT2D eigenvalue weighted by atomic mass is 16.4. The fourth-order valence-corrected chi connectivity index (χ4v) is 1.69. The van der Waals surface area contributed by atoms with E-state index in [-0.39, 0.29) is 12.5 Å². The summed E-state index contributed by atoms with van der Waals surface area (Å²) in [5.41, 5.74) is 0. The predicted molar refractivity (Wildman–Crippen MR) is 71.8 cm³/mol. The Kier molecular flexibility index (Phi) is 4.46. The molecule has 0 radical (unpaired) electrons. The summed E-state index contributed by atoms with van der Waals surface area (Å²) in [7, 11) is 3.61. The van der Waals surface area contributed by atoms with Gasteiger partial charge >= 0.3 is 0 Å². The van der Waals surface area contributed by atoms with Gasteiger partial charge < -0.3 is 9.73 Å². The highest BCUT2D eigenvalue weighted by molar-refractivity contribution is 5.91. The summed E-state index contributed by atoms with van der Waals surface area (Å²) in [4.78, 5) is 13.6. The van der Waals surface area contributed by atoms with Crippen molar-refractivity contribution < 1.29 is 9.21 Å². The van der Waals surface area contributed by atoms with Crippen LogP contribution in [0.15, 0.2) is 16.7 Å². The summed E-state index contributed by atoms with van der Waals surface area (Å²) >= 11 is 0. The van der Waals surface area contributed by atoms with Gasteiger partial charge in [-0.15, -0.1) is 10.2 Å². The molecule has 8 heteroatoms. The van der Waals surface area contributed by atoms with Crippen LogP contribution in [0.1, 0.15) is 18.7 Å². The molecule has 0 unspecified atom stereocenters. The first-order chi connectivity index (χ1) is 9.56. The fraction of sp³-hybridized carbons (Fsp3) is 0.500. The minimum Gasteiger partial charge on any atom is -0.424 e. The maximum absolute atomic E-state index is 11.8. The van der Waals surface area contributed by atoms with Crippen molar-refractivity contribution in [3.05, 3.63) is 24.0 Å². The number of hydrogen-bond donors (Lipinski definition) is 1. The third kappa shape index (κ3) is 3.89. The summed E-state index contributed by atoms with van der Waals surface area (Å²) in [6, 6.07) is 1.74.